The molecule has 1 aromatic carbocycles. The molecular weight excluding hydrogens is 368 g/mol. The molecule has 0 saturated carbocycles. The van der Waals surface area contributed by atoms with Crippen LogP contribution in [0.4, 0.5) is 23.0 Å². The number of anilines is 4. The zero-order chi connectivity index (χ0) is 20.2. The predicted molar refractivity (Wildman–Crippen MR) is 117 cm³/mol. The number of aromatic nitrogens is 2. The van der Waals surface area contributed by atoms with E-state index in [2.05, 4.69) is 54.3 Å². The number of nitrogen functional groups attached to an aromatic ring is 1. The highest BCUT2D eigenvalue weighted by molar-refractivity contribution is 5.75. The van der Waals surface area contributed by atoms with Crippen molar-refractivity contribution in [2.45, 2.75) is 0 Å². The zero-order valence-corrected chi connectivity index (χ0v) is 17.2. The van der Waals surface area contributed by atoms with E-state index in [1.807, 2.05) is 12.1 Å². The lowest BCUT2D eigenvalue weighted by atomic mass is 10.2. The summed E-state index contributed by atoms with van der Waals surface area (Å²) < 4.78 is 5.25. The van der Waals surface area contributed by atoms with Gasteiger partial charge in [-0.3, -0.25) is 0 Å². The molecule has 2 aliphatic rings. The molecule has 4 rings (SSSR count). The van der Waals surface area contributed by atoms with Gasteiger partial charge in [0, 0.05) is 58.0 Å². The van der Waals surface area contributed by atoms with E-state index in [4.69, 9.17) is 10.5 Å². The van der Waals surface area contributed by atoms with Gasteiger partial charge in [0.2, 0.25) is 0 Å². The van der Waals surface area contributed by atoms with Gasteiger partial charge in [-0.1, -0.05) is 0 Å². The quantitative estimate of drug-likeness (QED) is 0.765. The first kappa shape index (κ1) is 19.5. The monoisotopic (exact) mass is 398 g/mol. The van der Waals surface area contributed by atoms with E-state index < -0.39 is 0 Å². The lowest BCUT2D eigenvalue weighted by Crippen LogP contribution is -2.48. The van der Waals surface area contributed by atoms with Crippen molar-refractivity contribution in [3.63, 3.8) is 0 Å². The van der Waals surface area contributed by atoms with E-state index in [-0.39, 0.29) is 0 Å². The number of methoxy groups -OCH3 is 1. The minimum Gasteiger partial charge on any atom is -0.497 e. The first-order chi connectivity index (χ1) is 14.1. The molecule has 0 amide bonds. The van der Waals surface area contributed by atoms with Gasteiger partial charge < -0.3 is 30.6 Å². The third-order valence-corrected chi connectivity index (χ3v) is 5.65. The Hall–Kier alpha value is -2.78. The van der Waals surface area contributed by atoms with Gasteiger partial charge >= 0.3 is 0 Å². The molecule has 0 unspecified atom stereocenters. The van der Waals surface area contributed by atoms with Gasteiger partial charge in [-0.05, 0) is 31.3 Å². The number of nitrogens with two attached hydrogens (primary N) is 1. The van der Waals surface area contributed by atoms with Crippen molar-refractivity contribution in [1.29, 1.82) is 0 Å². The highest BCUT2D eigenvalue weighted by Gasteiger charge is 2.22. The van der Waals surface area contributed by atoms with Gasteiger partial charge in [0.25, 0.3) is 0 Å². The average Bonchev–Trinajstić information content (AvgIpc) is 2.77. The summed E-state index contributed by atoms with van der Waals surface area (Å²) in [6.07, 6.45) is 1.60. The second-order valence-corrected chi connectivity index (χ2v) is 7.53. The molecule has 2 aromatic rings. The van der Waals surface area contributed by atoms with E-state index in [0.29, 0.717) is 11.5 Å². The van der Waals surface area contributed by atoms with Gasteiger partial charge in [-0.2, -0.15) is 0 Å². The minimum atomic E-state index is 0.615. The number of ether oxygens (including phenoxy) is 1. The summed E-state index contributed by atoms with van der Waals surface area (Å²) in [6, 6.07) is 8.21. The fourth-order valence-electron chi connectivity index (χ4n) is 3.76. The maximum Gasteiger partial charge on any atom is 0.169 e. The molecule has 0 bridgehead atoms. The van der Waals surface area contributed by atoms with E-state index >= 15 is 0 Å². The van der Waals surface area contributed by atoms with Crippen LogP contribution in [0.5, 0.6) is 5.75 Å². The van der Waals surface area contributed by atoms with Crippen LogP contribution in [0.1, 0.15) is 0 Å². The van der Waals surface area contributed by atoms with Crippen LogP contribution in [0.15, 0.2) is 30.6 Å². The number of hydrogen-bond acceptors (Lipinski definition) is 9. The van der Waals surface area contributed by atoms with Crippen LogP contribution in [-0.4, -0.2) is 86.4 Å². The third kappa shape index (κ3) is 4.46. The summed E-state index contributed by atoms with van der Waals surface area (Å²) in [5.74, 6) is 2.38. The number of nitrogens with one attached hydrogen (secondary N) is 1. The molecule has 0 radical (unpaired) electrons. The standard InChI is InChI=1S/C20H30N8O/c1-25-7-13-28(14-8-25)24-19-18(21)20(23-15-22-19)27-11-9-26(10-12-27)16-3-5-17(29-2)6-4-16/h3-6,15H,7-14,21H2,1-2H3,(H,22,23,24). The van der Waals surface area contributed by atoms with Crippen LogP contribution in [0.2, 0.25) is 0 Å². The molecule has 0 aliphatic carbocycles. The first-order valence-electron chi connectivity index (χ1n) is 10.1. The van der Waals surface area contributed by atoms with Crippen LogP contribution in [0, 0.1) is 0 Å². The Morgan fingerprint density at radius 1 is 0.897 bits per heavy atom. The van der Waals surface area contributed by atoms with Crippen molar-refractivity contribution in [3.05, 3.63) is 30.6 Å². The highest BCUT2D eigenvalue weighted by atomic mass is 16.5. The zero-order valence-electron chi connectivity index (χ0n) is 17.2. The van der Waals surface area contributed by atoms with Crippen molar-refractivity contribution >= 4 is 23.0 Å². The van der Waals surface area contributed by atoms with Crippen molar-refractivity contribution in [2.75, 3.05) is 87.5 Å². The Bertz CT molecular complexity index is 799. The summed E-state index contributed by atoms with van der Waals surface area (Å²) >= 11 is 0. The number of rotatable bonds is 5. The summed E-state index contributed by atoms with van der Waals surface area (Å²) in [7, 11) is 3.83. The maximum atomic E-state index is 6.44. The van der Waals surface area contributed by atoms with E-state index in [1.54, 1.807) is 13.4 Å². The molecule has 0 atom stereocenters. The molecule has 2 fully saturated rings. The first-order valence-corrected chi connectivity index (χ1v) is 10.1. The van der Waals surface area contributed by atoms with Crippen LogP contribution in [0.25, 0.3) is 0 Å². The normalized spacial score (nSPS) is 18.7. The van der Waals surface area contributed by atoms with E-state index in [0.717, 1.165) is 63.9 Å². The van der Waals surface area contributed by atoms with Crippen LogP contribution in [-0.2, 0) is 0 Å². The Kier molecular flexibility index (Phi) is 5.86. The van der Waals surface area contributed by atoms with Crippen LogP contribution in [0.3, 0.4) is 0 Å². The predicted octanol–water partition coefficient (Wildman–Crippen LogP) is 0.968. The topological polar surface area (TPSA) is 86.0 Å². The summed E-state index contributed by atoms with van der Waals surface area (Å²) in [6.45, 7) is 7.48. The Balaban J connectivity index is 1.39. The van der Waals surface area contributed by atoms with Crippen molar-refractivity contribution in [3.8, 4) is 5.75 Å². The number of hydrogen-bond donors (Lipinski definition) is 2. The fraction of sp³-hybridized carbons (Fsp3) is 0.500. The van der Waals surface area contributed by atoms with Gasteiger partial charge in [-0.15, -0.1) is 0 Å². The summed E-state index contributed by atoms with van der Waals surface area (Å²) in [5, 5.41) is 2.17. The third-order valence-electron chi connectivity index (χ3n) is 5.65. The fourth-order valence-corrected chi connectivity index (χ4v) is 3.76. The number of nitrogens with zero attached hydrogens (tertiary/aromatic N) is 6. The molecule has 9 heteroatoms. The molecule has 0 spiro atoms. The lowest BCUT2D eigenvalue weighted by Gasteiger charge is -2.37. The van der Waals surface area contributed by atoms with Gasteiger partial charge in [-0.25, -0.2) is 15.0 Å². The Morgan fingerprint density at radius 2 is 1.55 bits per heavy atom. The molecule has 156 valence electrons. The van der Waals surface area contributed by atoms with Crippen molar-refractivity contribution in [1.82, 2.24) is 19.9 Å². The average molecular weight is 399 g/mol. The summed E-state index contributed by atoms with van der Waals surface area (Å²) in [5.41, 5.74) is 11.6. The number of hydrazine groups is 1. The van der Waals surface area contributed by atoms with Gasteiger partial charge in [0.1, 0.15) is 17.8 Å². The molecule has 3 N–H and O–H groups in total. The molecule has 1 aromatic heterocycles. The second kappa shape index (κ2) is 8.71. The Labute approximate surface area is 172 Å². The SMILES string of the molecule is COc1ccc(N2CCN(c3ncnc(NN4CCN(C)CC4)c3N)CC2)cc1. The number of likely N-dealkylation sites (N-methyl/N-ethyl adjacent to an activating group) is 1. The highest BCUT2D eigenvalue weighted by Crippen LogP contribution is 2.28. The van der Waals surface area contributed by atoms with Crippen LogP contribution >= 0.6 is 0 Å². The minimum absolute atomic E-state index is 0.615. The number of piperazine rings is 2. The smallest absolute Gasteiger partial charge is 0.169 e. The molecule has 29 heavy (non-hydrogen) atoms. The van der Waals surface area contributed by atoms with Gasteiger partial charge in [0.05, 0.1) is 7.11 Å². The number of benzene rings is 1. The molecule has 3 heterocycles. The van der Waals surface area contributed by atoms with Gasteiger partial charge in [0.15, 0.2) is 11.6 Å². The van der Waals surface area contributed by atoms with Crippen molar-refractivity contribution < 1.29 is 4.74 Å². The van der Waals surface area contributed by atoms with E-state index in [1.165, 1.54) is 5.69 Å². The lowest BCUT2D eigenvalue weighted by molar-refractivity contribution is 0.178. The largest absolute Gasteiger partial charge is 0.497 e. The van der Waals surface area contributed by atoms with Crippen LogP contribution < -0.4 is 25.7 Å². The molecule has 2 saturated heterocycles. The molecular formula is C20H30N8O. The van der Waals surface area contributed by atoms with Crippen molar-refractivity contribution in [2.24, 2.45) is 0 Å². The maximum absolute atomic E-state index is 6.44. The second-order valence-electron chi connectivity index (χ2n) is 7.53. The summed E-state index contributed by atoms with van der Waals surface area (Å²) in [4.78, 5) is 15.8. The molecule has 2 aliphatic heterocycles. The molecule has 9 nitrogen and oxygen atoms in total. The Morgan fingerprint density at radius 3 is 2.21 bits per heavy atom. The van der Waals surface area contributed by atoms with E-state index in [9.17, 15) is 0 Å².